The van der Waals surface area contributed by atoms with E-state index in [4.69, 9.17) is 5.11 Å². The SMILES string of the molecule is CCONC(=O)c1cncc(O)c1. The van der Waals surface area contributed by atoms with Gasteiger partial charge in [-0.15, -0.1) is 0 Å². The number of amides is 1. The first-order chi connectivity index (χ1) is 6.24. The molecule has 0 saturated heterocycles. The van der Waals surface area contributed by atoms with Crippen molar-refractivity contribution in [1.82, 2.24) is 10.5 Å². The van der Waals surface area contributed by atoms with E-state index in [9.17, 15) is 4.79 Å². The molecular formula is C8H10N2O3. The van der Waals surface area contributed by atoms with Crippen LogP contribution in [0.1, 0.15) is 17.3 Å². The zero-order chi connectivity index (χ0) is 9.68. The van der Waals surface area contributed by atoms with E-state index in [2.05, 4.69) is 15.3 Å². The fourth-order valence-electron chi connectivity index (χ4n) is 0.749. The lowest BCUT2D eigenvalue weighted by molar-refractivity contribution is 0.0364. The maximum atomic E-state index is 11.2. The highest BCUT2D eigenvalue weighted by molar-refractivity contribution is 5.93. The molecule has 0 spiro atoms. The zero-order valence-electron chi connectivity index (χ0n) is 7.15. The van der Waals surface area contributed by atoms with E-state index >= 15 is 0 Å². The maximum absolute atomic E-state index is 11.2. The Morgan fingerprint density at radius 3 is 3.08 bits per heavy atom. The van der Waals surface area contributed by atoms with E-state index in [-0.39, 0.29) is 11.3 Å². The Morgan fingerprint density at radius 2 is 2.46 bits per heavy atom. The second-order valence-electron chi connectivity index (χ2n) is 2.30. The molecule has 0 bridgehead atoms. The largest absolute Gasteiger partial charge is 0.506 e. The highest BCUT2D eigenvalue weighted by atomic mass is 16.6. The normalized spacial score (nSPS) is 9.62. The lowest BCUT2D eigenvalue weighted by atomic mass is 10.3. The molecule has 1 rings (SSSR count). The summed E-state index contributed by atoms with van der Waals surface area (Å²) >= 11 is 0. The van der Waals surface area contributed by atoms with Crippen LogP contribution in [-0.2, 0) is 4.84 Å². The Balaban J connectivity index is 2.66. The highest BCUT2D eigenvalue weighted by Gasteiger charge is 2.05. The Bertz CT molecular complexity index is 301. The van der Waals surface area contributed by atoms with Crippen molar-refractivity contribution in [3.05, 3.63) is 24.0 Å². The highest BCUT2D eigenvalue weighted by Crippen LogP contribution is 2.07. The maximum Gasteiger partial charge on any atom is 0.276 e. The number of rotatable bonds is 3. The van der Waals surface area contributed by atoms with Crippen molar-refractivity contribution in [2.24, 2.45) is 0 Å². The summed E-state index contributed by atoms with van der Waals surface area (Å²) < 4.78 is 0. The van der Waals surface area contributed by atoms with Gasteiger partial charge in [-0.1, -0.05) is 0 Å². The van der Waals surface area contributed by atoms with Gasteiger partial charge in [-0.2, -0.15) is 0 Å². The number of nitrogens with one attached hydrogen (secondary N) is 1. The quantitative estimate of drug-likeness (QED) is 0.666. The molecule has 1 heterocycles. The van der Waals surface area contributed by atoms with Crippen LogP contribution >= 0.6 is 0 Å². The van der Waals surface area contributed by atoms with E-state index in [0.717, 1.165) is 0 Å². The van der Waals surface area contributed by atoms with Crippen LogP contribution in [0.25, 0.3) is 0 Å². The monoisotopic (exact) mass is 182 g/mol. The lowest BCUT2D eigenvalue weighted by Gasteiger charge is -2.02. The van der Waals surface area contributed by atoms with Gasteiger partial charge < -0.3 is 5.11 Å². The van der Waals surface area contributed by atoms with E-state index in [1.165, 1.54) is 18.5 Å². The molecule has 0 atom stereocenters. The van der Waals surface area contributed by atoms with Gasteiger partial charge in [0.25, 0.3) is 5.91 Å². The van der Waals surface area contributed by atoms with Crippen LogP contribution in [0.15, 0.2) is 18.5 Å². The molecule has 0 aliphatic heterocycles. The summed E-state index contributed by atoms with van der Waals surface area (Å²) in [5.74, 6) is -0.477. The summed E-state index contributed by atoms with van der Waals surface area (Å²) in [6, 6.07) is 1.31. The molecule has 0 aromatic carbocycles. The number of carbonyl (C=O) groups excluding carboxylic acids is 1. The molecule has 5 heteroatoms. The second-order valence-corrected chi connectivity index (χ2v) is 2.30. The number of hydroxylamine groups is 1. The molecule has 5 nitrogen and oxygen atoms in total. The molecule has 0 saturated carbocycles. The number of aromatic hydroxyl groups is 1. The smallest absolute Gasteiger partial charge is 0.276 e. The number of carbonyl (C=O) groups is 1. The molecular weight excluding hydrogens is 172 g/mol. The number of pyridine rings is 1. The molecule has 70 valence electrons. The molecule has 0 radical (unpaired) electrons. The minimum Gasteiger partial charge on any atom is -0.506 e. The van der Waals surface area contributed by atoms with Gasteiger partial charge in [-0.05, 0) is 13.0 Å². The first-order valence-electron chi connectivity index (χ1n) is 3.80. The van der Waals surface area contributed by atoms with E-state index in [0.29, 0.717) is 6.61 Å². The molecule has 2 N–H and O–H groups in total. The number of aromatic nitrogens is 1. The molecule has 1 aromatic heterocycles. The Labute approximate surface area is 75.3 Å². The van der Waals surface area contributed by atoms with Crippen molar-refractivity contribution in [1.29, 1.82) is 0 Å². The second kappa shape index (κ2) is 4.42. The predicted molar refractivity (Wildman–Crippen MR) is 45.0 cm³/mol. The Kier molecular flexibility index (Phi) is 3.22. The van der Waals surface area contributed by atoms with Crippen LogP contribution in [0.3, 0.4) is 0 Å². The molecule has 1 aromatic rings. The molecule has 0 fully saturated rings. The van der Waals surface area contributed by atoms with Gasteiger partial charge in [-0.25, -0.2) is 5.48 Å². The van der Waals surface area contributed by atoms with Gasteiger partial charge in [0.15, 0.2) is 0 Å². The third-order valence-corrected chi connectivity index (χ3v) is 1.30. The lowest BCUT2D eigenvalue weighted by Crippen LogP contribution is -2.23. The van der Waals surface area contributed by atoms with Crippen LogP contribution in [-0.4, -0.2) is 22.6 Å². The Morgan fingerprint density at radius 1 is 1.69 bits per heavy atom. The summed E-state index contributed by atoms with van der Waals surface area (Å²) in [6.07, 6.45) is 2.59. The van der Waals surface area contributed by atoms with Crippen LogP contribution in [0.4, 0.5) is 0 Å². The minimum absolute atomic E-state index is 0.0517. The third kappa shape index (κ3) is 2.72. The minimum atomic E-state index is -0.426. The van der Waals surface area contributed by atoms with Crippen molar-refractivity contribution >= 4 is 5.91 Å². The summed E-state index contributed by atoms with van der Waals surface area (Å²) in [7, 11) is 0. The van der Waals surface area contributed by atoms with Crippen molar-refractivity contribution in [3.8, 4) is 5.75 Å². The zero-order valence-corrected chi connectivity index (χ0v) is 7.15. The van der Waals surface area contributed by atoms with Gasteiger partial charge in [-0.3, -0.25) is 14.6 Å². The van der Waals surface area contributed by atoms with E-state index in [1.807, 2.05) is 0 Å². The fraction of sp³-hybridized carbons (Fsp3) is 0.250. The van der Waals surface area contributed by atoms with Crippen molar-refractivity contribution in [2.45, 2.75) is 6.92 Å². The number of nitrogens with zero attached hydrogens (tertiary/aromatic N) is 1. The van der Waals surface area contributed by atoms with Gasteiger partial charge in [0.05, 0.1) is 18.4 Å². The first kappa shape index (κ1) is 9.47. The summed E-state index contributed by atoms with van der Waals surface area (Å²) in [4.78, 5) is 19.5. The average Bonchev–Trinajstić information content (AvgIpc) is 2.14. The van der Waals surface area contributed by atoms with Gasteiger partial charge in [0, 0.05) is 6.20 Å². The topological polar surface area (TPSA) is 71.5 Å². The van der Waals surface area contributed by atoms with Crippen molar-refractivity contribution in [2.75, 3.05) is 6.61 Å². The van der Waals surface area contributed by atoms with Crippen LogP contribution < -0.4 is 5.48 Å². The van der Waals surface area contributed by atoms with Gasteiger partial charge >= 0.3 is 0 Å². The van der Waals surface area contributed by atoms with E-state index < -0.39 is 5.91 Å². The van der Waals surface area contributed by atoms with Crippen LogP contribution in [0.2, 0.25) is 0 Å². The molecule has 0 aliphatic carbocycles. The van der Waals surface area contributed by atoms with Crippen molar-refractivity contribution < 1.29 is 14.7 Å². The molecule has 0 aliphatic rings. The summed E-state index contributed by atoms with van der Waals surface area (Å²) in [6.45, 7) is 2.14. The first-order valence-corrected chi connectivity index (χ1v) is 3.80. The van der Waals surface area contributed by atoms with Crippen LogP contribution in [0, 0.1) is 0 Å². The number of hydrogen-bond donors (Lipinski definition) is 2. The molecule has 13 heavy (non-hydrogen) atoms. The van der Waals surface area contributed by atoms with Crippen molar-refractivity contribution in [3.63, 3.8) is 0 Å². The van der Waals surface area contributed by atoms with Crippen LogP contribution in [0.5, 0.6) is 5.75 Å². The number of hydrogen-bond acceptors (Lipinski definition) is 4. The van der Waals surface area contributed by atoms with E-state index in [1.54, 1.807) is 6.92 Å². The average molecular weight is 182 g/mol. The fourth-order valence-corrected chi connectivity index (χ4v) is 0.749. The third-order valence-electron chi connectivity index (χ3n) is 1.30. The van der Waals surface area contributed by atoms with Gasteiger partial charge in [0.1, 0.15) is 5.75 Å². The standard InChI is InChI=1S/C8H10N2O3/c1-2-13-10-8(12)6-3-7(11)5-9-4-6/h3-5,11H,2H2,1H3,(H,10,12). The molecule has 0 unspecified atom stereocenters. The predicted octanol–water partition coefficient (Wildman–Crippen LogP) is 0.468. The Hall–Kier alpha value is -1.62. The molecule has 1 amide bonds. The van der Waals surface area contributed by atoms with Gasteiger partial charge in [0.2, 0.25) is 0 Å². The summed E-state index contributed by atoms with van der Waals surface area (Å²) in [5, 5.41) is 9.00. The summed E-state index contributed by atoms with van der Waals surface area (Å²) in [5.41, 5.74) is 2.44.